The quantitative estimate of drug-likeness (QED) is 0.382. The van der Waals surface area contributed by atoms with E-state index < -0.39 is 17.7 Å². The number of rotatable bonds is 8. The highest BCUT2D eigenvalue weighted by molar-refractivity contribution is 6.46. The molecule has 1 heterocycles. The van der Waals surface area contributed by atoms with Crippen LogP contribution in [0, 0.1) is 0 Å². The highest BCUT2D eigenvalue weighted by atomic mass is 16.5. The minimum absolute atomic E-state index is 0.00140. The van der Waals surface area contributed by atoms with Gasteiger partial charge < -0.3 is 24.6 Å². The summed E-state index contributed by atoms with van der Waals surface area (Å²) in [6.45, 7) is 4.55. The zero-order chi connectivity index (χ0) is 22.5. The number of phenolic OH excluding ortho intramolecular Hbond substituents is 1. The molecule has 1 saturated heterocycles. The van der Waals surface area contributed by atoms with Crippen molar-refractivity contribution in [2.24, 2.45) is 0 Å². The second kappa shape index (κ2) is 9.66. The molecule has 2 N–H and O–H groups in total. The lowest BCUT2D eigenvalue weighted by Gasteiger charge is -2.25. The van der Waals surface area contributed by atoms with Crippen molar-refractivity contribution in [3.8, 4) is 11.5 Å². The first-order chi connectivity index (χ1) is 14.9. The molecule has 7 heteroatoms. The maximum atomic E-state index is 12.9. The van der Waals surface area contributed by atoms with E-state index in [1.807, 2.05) is 19.1 Å². The van der Waals surface area contributed by atoms with Gasteiger partial charge in [0, 0.05) is 19.2 Å². The molecule has 0 aliphatic carbocycles. The summed E-state index contributed by atoms with van der Waals surface area (Å²) < 4.78 is 10.6. The lowest BCUT2D eigenvalue weighted by Crippen LogP contribution is -2.32. The summed E-state index contributed by atoms with van der Waals surface area (Å²) in [6.07, 6.45) is 0.843. The van der Waals surface area contributed by atoms with Gasteiger partial charge in [-0.15, -0.1) is 0 Å². The highest BCUT2D eigenvalue weighted by Gasteiger charge is 2.46. The van der Waals surface area contributed by atoms with Gasteiger partial charge in [-0.2, -0.15) is 0 Å². The minimum Gasteiger partial charge on any atom is -0.507 e. The number of carbonyl (C=O) groups excluding carboxylic acids is 2. The van der Waals surface area contributed by atoms with Crippen molar-refractivity contribution >= 4 is 17.4 Å². The molecule has 1 fully saturated rings. The third kappa shape index (κ3) is 4.41. The number of likely N-dealkylation sites (tertiary alicyclic amines) is 1. The van der Waals surface area contributed by atoms with Gasteiger partial charge in [-0.25, -0.2) is 0 Å². The van der Waals surface area contributed by atoms with E-state index in [9.17, 15) is 19.8 Å². The fraction of sp³-hybridized carbons (Fsp3) is 0.333. The van der Waals surface area contributed by atoms with Crippen LogP contribution in [-0.2, 0) is 20.7 Å². The monoisotopic (exact) mass is 425 g/mol. The molecule has 2 aromatic rings. The number of hydrogen-bond donors (Lipinski definition) is 2. The first kappa shape index (κ1) is 22.4. The van der Waals surface area contributed by atoms with E-state index in [1.165, 1.54) is 18.1 Å². The second-order valence-corrected chi connectivity index (χ2v) is 7.20. The molecule has 31 heavy (non-hydrogen) atoms. The van der Waals surface area contributed by atoms with E-state index in [1.54, 1.807) is 31.2 Å². The van der Waals surface area contributed by atoms with Crippen molar-refractivity contribution in [2.45, 2.75) is 26.3 Å². The van der Waals surface area contributed by atoms with Crippen LogP contribution in [0.5, 0.6) is 11.5 Å². The molecular formula is C24H27NO6. The molecule has 0 bridgehead atoms. The van der Waals surface area contributed by atoms with Gasteiger partial charge in [0.1, 0.15) is 5.76 Å². The van der Waals surface area contributed by atoms with Crippen LogP contribution in [0.1, 0.15) is 36.6 Å². The number of nitrogens with zero attached hydrogens (tertiary/aromatic N) is 1. The molecule has 1 amide bonds. The smallest absolute Gasteiger partial charge is 0.295 e. The number of ketones is 1. The molecule has 2 aromatic carbocycles. The number of carbonyl (C=O) groups is 2. The van der Waals surface area contributed by atoms with E-state index >= 15 is 0 Å². The van der Waals surface area contributed by atoms with Crippen molar-refractivity contribution < 1.29 is 29.3 Å². The van der Waals surface area contributed by atoms with Gasteiger partial charge in [-0.1, -0.05) is 37.3 Å². The van der Waals surface area contributed by atoms with Gasteiger partial charge in [0.05, 0.1) is 24.8 Å². The fourth-order valence-electron chi connectivity index (χ4n) is 3.67. The van der Waals surface area contributed by atoms with Crippen LogP contribution in [0.2, 0.25) is 0 Å². The predicted molar refractivity (Wildman–Crippen MR) is 116 cm³/mol. The molecule has 1 aliphatic heterocycles. The van der Waals surface area contributed by atoms with E-state index in [0.717, 1.165) is 12.0 Å². The van der Waals surface area contributed by atoms with Gasteiger partial charge in [-0.05, 0) is 36.6 Å². The standard InChI is InChI=1S/C24H27NO6/c1-4-15-6-8-16(9-7-15)22(27)20-21(25(12-13-30-3)24(29)23(20)28)17-10-11-18(26)19(14-17)31-5-2/h6-11,14,21,26-27H,4-5,12-13H2,1-3H3/b22-20-. The summed E-state index contributed by atoms with van der Waals surface area (Å²) in [4.78, 5) is 27.1. The van der Waals surface area contributed by atoms with Crippen molar-refractivity contribution in [1.82, 2.24) is 4.90 Å². The number of aromatic hydroxyl groups is 1. The summed E-state index contributed by atoms with van der Waals surface area (Å²) in [5, 5.41) is 21.1. The summed E-state index contributed by atoms with van der Waals surface area (Å²) in [5.74, 6) is -1.51. The van der Waals surface area contributed by atoms with Crippen LogP contribution in [0.25, 0.3) is 5.76 Å². The first-order valence-electron chi connectivity index (χ1n) is 10.2. The third-order valence-corrected chi connectivity index (χ3v) is 5.31. The number of Topliss-reactive ketones (excluding diaryl/α,β-unsaturated/α-hetero) is 1. The Morgan fingerprint density at radius 2 is 1.81 bits per heavy atom. The molecule has 0 spiro atoms. The molecule has 3 rings (SSSR count). The lowest BCUT2D eigenvalue weighted by atomic mass is 9.94. The van der Waals surface area contributed by atoms with Gasteiger partial charge in [0.25, 0.3) is 11.7 Å². The maximum absolute atomic E-state index is 12.9. The first-order valence-corrected chi connectivity index (χ1v) is 10.2. The molecule has 164 valence electrons. The average molecular weight is 425 g/mol. The fourth-order valence-corrected chi connectivity index (χ4v) is 3.67. The van der Waals surface area contributed by atoms with Gasteiger partial charge >= 0.3 is 0 Å². The molecule has 0 saturated carbocycles. The van der Waals surface area contributed by atoms with Gasteiger partial charge in [0.15, 0.2) is 11.5 Å². The Hall–Kier alpha value is -3.32. The van der Waals surface area contributed by atoms with Gasteiger partial charge in [-0.3, -0.25) is 9.59 Å². The van der Waals surface area contributed by atoms with E-state index in [0.29, 0.717) is 17.7 Å². The summed E-state index contributed by atoms with van der Waals surface area (Å²) in [5.41, 5.74) is 2.09. The van der Waals surface area contributed by atoms with Crippen LogP contribution >= 0.6 is 0 Å². The zero-order valence-electron chi connectivity index (χ0n) is 17.9. The lowest BCUT2D eigenvalue weighted by molar-refractivity contribution is -0.140. The summed E-state index contributed by atoms with van der Waals surface area (Å²) >= 11 is 0. The zero-order valence-corrected chi connectivity index (χ0v) is 17.9. The number of phenols is 1. The van der Waals surface area contributed by atoms with E-state index in [4.69, 9.17) is 9.47 Å². The average Bonchev–Trinajstić information content (AvgIpc) is 3.03. The Balaban J connectivity index is 2.16. The second-order valence-electron chi connectivity index (χ2n) is 7.20. The molecule has 7 nitrogen and oxygen atoms in total. The maximum Gasteiger partial charge on any atom is 0.295 e. The minimum atomic E-state index is -0.833. The Kier molecular flexibility index (Phi) is 6.97. The van der Waals surface area contributed by atoms with Crippen LogP contribution < -0.4 is 4.74 Å². The van der Waals surface area contributed by atoms with Gasteiger partial charge in [0.2, 0.25) is 0 Å². The Morgan fingerprint density at radius 1 is 1.10 bits per heavy atom. The Morgan fingerprint density at radius 3 is 2.42 bits per heavy atom. The van der Waals surface area contributed by atoms with Crippen molar-refractivity contribution in [3.05, 3.63) is 64.7 Å². The van der Waals surface area contributed by atoms with E-state index in [-0.39, 0.29) is 36.0 Å². The molecule has 1 unspecified atom stereocenters. The number of amides is 1. The predicted octanol–water partition coefficient (Wildman–Crippen LogP) is 3.42. The van der Waals surface area contributed by atoms with Crippen LogP contribution in [0.3, 0.4) is 0 Å². The topological polar surface area (TPSA) is 96.3 Å². The van der Waals surface area contributed by atoms with Crippen LogP contribution in [0.15, 0.2) is 48.0 Å². The number of aryl methyl sites for hydroxylation is 1. The van der Waals surface area contributed by atoms with Crippen molar-refractivity contribution in [3.63, 3.8) is 0 Å². The largest absolute Gasteiger partial charge is 0.507 e. The number of methoxy groups -OCH3 is 1. The Bertz CT molecular complexity index is 996. The van der Waals surface area contributed by atoms with Crippen LogP contribution in [-0.4, -0.2) is 53.7 Å². The number of ether oxygens (including phenoxy) is 2. The van der Waals surface area contributed by atoms with Crippen molar-refractivity contribution in [2.75, 3.05) is 26.9 Å². The molecule has 0 radical (unpaired) electrons. The van der Waals surface area contributed by atoms with Crippen molar-refractivity contribution in [1.29, 1.82) is 0 Å². The highest BCUT2D eigenvalue weighted by Crippen LogP contribution is 2.41. The normalized spacial score (nSPS) is 17.9. The summed E-state index contributed by atoms with van der Waals surface area (Å²) in [7, 11) is 1.51. The third-order valence-electron chi connectivity index (χ3n) is 5.31. The van der Waals surface area contributed by atoms with Crippen LogP contribution in [0.4, 0.5) is 0 Å². The SMILES string of the molecule is CCOc1cc(C2/C(=C(/O)c3ccc(CC)cc3)C(=O)C(=O)N2CCOC)ccc1O. The number of benzene rings is 2. The Labute approximate surface area is 181 Å². The summed E-state index contributed by atoms with van der Waals surface area (Å²) in [6, 6.07) is 11.0. The van der Waals surface area contributed by atoms with E-state index in [2.05, 4.69) is 0 Å². The molecular weight excluding hydrogens is 398 g/mol. The number of aliphatic hydroxyl groups is 1. The molecule has 1 atom stereocenters. The molecule has 0 aromatic heterocycles. The number of aliphatic hydroxyl groups excluding tert-OH is 1. The number of hydrogen-bond acceptors (Lipinski definition) is 6. The molecule has 1 aliphatic rings.